The smallest absolute Gasteiger partial charge is 0.255 e. The van der Waals surface area contributed by atoms with Crippen LogP contribution in [-0.4, -0.2) is 69.0 Å². The Hall–Kier alpha value is -3.33. The molecule has 0 bridgehead atoms. The number of halogens is 1. The van der Waals surface area contributed by atoms with Crippen molar-refractivity contribution in [2.24, 2.45) is 7.05 Å². The maximum atomic E-state index is 15.1. The number of likely N-dealkylation sites (tertiary alicyclic amines) is 1. The number of piperidine rings is 1. The molecule has 3 aromatic heterocycles. The average Bonchev–Trinajstić information content (AvgIpc) is 3.50. The van der Waals surface area contributed by atoms with Crippen molar-refractivity contribution in [2.75, 3.05) is 39.0 Å². The number of carbonyl (C=O) groups is 1. The van der Waals surface area contributed by atoms with Crippen LogP contribution in [0.1, 0.15) is 66.1 Å². The molecule has 6 rings (SSSR count). The maximum Gasteiger partial charge on any atom is 0.255 e. The molecule has 1 spiro atoms. The van der Waals surface area contributed by atoms with E-state index in [0.717, 1.165) is 57.3 Å². The molecule has 0 radical (unpaired) electrons. The highest BCUT2D eigenvalue weighted by molar-refractivity contribution is 5.98. The Balaban J connectivity index is 1.29. The summed E-state index contributed by atoms with van der Waals surface area (Å²) in [6, 6.07) is 5.83. The lowest BCUT2D eigenvalue weighted by Gasteiger charge is -2.39. The third-order valence-electron chi connectivity index (χ3n) is 8.62. The van der Waals surface area contributed by atoms with Gasteiger partial charge < -0.3 is 19.7 Å². The molecule has 3 aliphatic rings. The first-order valence-corrected chi connectivity index (χ1v) is 13.2. The molecular weight excluding hydrogens is 469 g/mol. The van der Waals surface area contributed by atoms with Crippen LogP contribution in [0.15, 0.2) is 30.6 Å². The molecule has 37 heavy (non-hydrogen) atoms. The number of anilines is 2. The lowest BCUT2D eigenvalue weighted by atomic mass is 9.77. The number of nitrogens with zero attached hydrogens (tertiary/aromatic N) is 6. The number of aromatic nitrogens is 4. The van der Waals surface area contributed by atoms with Crippen molar-refractivity contribution in [2.45, 2.75) is 49.9 Å². The van der Waals surface area contributed by atoms with Crippen LogP contribution in [-0.2, 0) is 12.5 Å². The summed E-state index contributed by atoms with van der Waals surface area (Å²) < 4.78 is 17.1. The van der Waals surface area contributed by atoms with Crippen LogP contribution >= 0.6 is 0 Å². The molecule has 3 aromatic rings. The van der Waals surface area contributed by atoms with Crippen LogP contribution < -0.4 is 5.32 Å². The molecular formula is C28H34FN7O. The minimum Gasteiger partial charge on any atom is -0.345 e. The van der Waals surface area contributed by atoms with Gasteiger partial charge in [-0.1, -0.05) is 18.9 Å². The molecule has 1 amide bonds. The van der Waals surface area contributed by atoms with Crippen molar-refractivity contribution in [3.8, 4) is 11.4 Å². The number of hydrogen-bond acceptors (Lipinski definition) is 6. The van der Waals surface area contributed by atoms with E-state index in [1.807, 2.05) is 35.8 Å². The van der Waals surface area contributed by atoms with Crippen LogP contribution in [0.3, 0.4) is 0 Å². The minimum absolute atomic E-state index is 0.0175. The van der Waals surface area contributed by atoms with E-state index in [2.05, 4.69) is 38.3 Å². The number of fused-ring (bicyclic) bond motifs is 2. The number of likely N-dealkylation sites (N-methyl/N-ethyl adjacent to an activating group) is 1. The van der Waals surface area contributed by atoms with Crippen molar-refractivity contribution in [1.82, 2.24) is 29.3 Å². The van der Waals surface area contributed by atoms with Crippen LogP contribution in [0, 0.1) is 5.82 Å². The van der Waals surface area contributed by atoms with Gasteiger partial charge in [-0.25, -0.2) is 19.3 Å². The van der Waals surface area contributed by atoms with Gasteiger partial charge in [0.1, 0.15) is 11.5 Å². The van der Waals surface area contributed by atoms with Crippen LogP contribution in [0.4, 0.5) is 16.2 Å². The van der Waals surface area contributed by atoms with Gasteiger partial charge in [-0.15, -0.1) is 0 Å². The molecule has 8 nitrogen and oxygen atoms in total. The Morgan fingerprint density at radius 3 is 2.51 bits per heavy atom. The molecule has 0 atom stereocenters. The third kappa shape index (κ3) is 4.19. The summed E-state index contributed by atoms with van der Waals surface area (Å²) in [6.07, 6.45) is 9.72. The monoisotopic (exact) mass is 503 g/mol. The number of amides is 1. The summed E-state index contributed by atoms with van der Waals surface area (Å²) in [4.78, 5) is 30.5. The van der Waals surface area contributed by atoms with Crippen molar-refractivity contribution in [3.63, 3.8) is 0 Å². The molecule has 2 aliphatic heterocycles. The van der Waals surface area contributed by atoms with E-state index in [4.69, 9.17) is 0 Å². The van der Waals surface area contributed by atoms with Gasteiger partial charge in [0.05, 0.1) is 17.5 Å². The quantitative estimate of drug-likeness (QED) is 0.566. The average molecular weight is 504 g/mol. The third-order valence-corrected chi connectivity index (χ3v) is 8.62. The molecule has 1 saturated heterocycles. The van der Waals surface area contributed by atoms with E-state index in [0.29, 0.717) is 29.5 Å². The van der Waals surface area contributed by atoms with Crippen molar-refractivity contribution in [3.05, 3.63) is 53.2 Å². The highest BCUT2D eigenvalue weighted by atomic mass is 19.1. The summed E-state index contributed by atoms with van der Waals surface area (Å²) in [5, 5.41) is 3.13. The fourth-order valence-corrected chi connectivity index (χ4v) is 6.67. The van der Waals surface area contributed by atoms with Gasteiger partial charge in [0.25, 0.3) is 5.91 Å². The molecule has 9 heteroatoms. The minimum atomic E-state index is -0.518. The fourth-order valence-electron chi connectivity index (χ4n) is 6.67. The molecule has 194 valence electrons. The first-order chi connectivity index (χ1) is 17.8. The lowest BCUT2D eigenvalue weighted by Crippen LogP contribution is -2.47. The van der Waals surface area contributed by atoms with Crippen molar-refractivity contribution >= 4 is 17.7 Å². The number of nitrogens with one attached hydrogen (secondary N) is 1. The van der Waals surface area contributed by atoms with Gasteiger partial charge >= 0.3 is 0 Å². The number of pyridine rings is 1. The molecule has 5 heterocycles. The van der Waals surface area contributed by atoms with Crippen molar-refractivity contribution in [1.29, 1.82) is 0 Å². The second-order valence-electron chi connectivity index (χ2n) is 11.1. The van der Waals surface area contributed by atoms with E-state index in [1.54, 1.807) is 6.07 Å². The van der Waals surface area contributed by atoms with Gasteiger partial charge in [0.15, 0.2) is 5.82 Å². The second-order valence-corrected chi connectivity index (χ2v) is 11.1. The van der Waals surface area contributed by atoms with E-state index in [1.165, 1.54) is 11.8 Å². The fraction of sp³-hybridized carbons (Fsp3) is 0.500. The zero-order chi connectivity index (χ0) is 25.7. The predicted molar refractivity (Wildman–Crippen MR) is 140 cm³/mol. The van der Waals surface area contributed by atoms with E-state index in [9.17, 15) is 4.79 Å². The topological polar surface area (TPSA) is 79.2 Å². The van der Waals surface area contributed by atoms with Gasteiger partial charge in [0, 0.05) is 37.9 Å². The van der Waals surface area contributed by atoms with E-state index >= 15 is 4.39 Å². The summed E-state index contributed by atoms with van der Waals surface area (Å²) in [5.74, 6) is 0.877. The zero-order valence-corrected chi connectivity index (χ0v) is 21.8. The Morgan fingerprint density at radius 1 is 1.05 bits per heavy atom. The lowest BCUT2D eigenvalue weighted by molar-refractivity contribution is 0.0718. The molecule has 1 aliphatic carbocycles. The standard InChI is InChI=1S/C28H34FN7O/c1-34-12-8-18(9-13-34)19-6-7-23(30-15-19)32-27-31-16-21(29)24(33-27)22-14-20-25(36(22)3)28(10-4-5-11-28)17-35(2)26(20)37/h6-7,14-16,18H,4-5,8-13,17H2,1-3H3,(H,30,31,32,33). The van der Waals surface area contributed by atoms with Crippen molar-refractivity contribution < 1.29 is 9.18 Å². The molecule has 2 fully saturated rings. The normalized spacial score (nSPS) is 20.0. The van der Waals surface area contributed by atoms with Crippen LogP contribution in [0.5, 0.6) is 0 Å². The van der Waals surface area contributed by atoms with Gasteiger partial charge in [0.2, 0.25) is 5.95 Å². The summed E-state index contributed by atoms with van der Waals surface area (Å²) >= 11 is 0. The van der Waals surface area contributed by atoms with E-state index < -0.39 is 5.82 Å². The Bertz CT molecular complexity index is 1320. The van der Waals surface area contributed by atoms with Gasteiger partial charge in [-0.3, -0.25) is 4.79 Å². The Labute approximate surface area is 216 Å². The number of hydrogen-bond donors (Lipinski definition) is 1. The molecule has 0 aromatic carbocycles. The van der Waals surface area contributed by atoms with Crippen LogP contribution in [0.25, 0.3) is 11.4 Å². The SMILES string of the molecule is CN1CCC(c2ccc(Nc3ncc(F)c(-c4cc5c(n4C)C4(CCCC4)CN(C)C5=O)n3)nc2)CC1. The van der Waals surface area contributed by atoms with E-state index in [-0.39, 0.29) is 23.0 Å². The van der Waals surface area contributed by atoms with Gasteiger partial charge in [-0.05, 0) is 69.4 Å². The molecule has 1 N–H and O–H groups in total. The number of rotatable bonds is 4. The predicted octanol–water partition coefficient (Wildman–Crippen LogP) is 4.47. The first-order valence-electron chi connectivity index (χ1n) is 13.2. The highest BCUT2D eigenvalue weighted by Gasteiger charge is 2.46. The largest absolute Gasteiger partial charge is 0.345 e. The van der Waals surface area contributed by atoms with Gasteiger partial charge in [-0.2, -0.15) is 0 Å². The highest BCUT2D eigenvalue weighted by Crippen LogP contribution is 2.47. The Morgan fingerprint density at radius 2 is 1.81 bits per heavy atom. The maximum absolute atomic E-state index is 15.1. The summed E-state index contributed by atoms with van der Waals surface area (Å²) in [7, 11) is 5.94. The molecule has 1 saturated carbocycles. The summed E-state index contributed by atoms with van der Waals surface area (Å²) in [5.41, 5.74) is 3.61. The summed E-state index contributed by atoms with van der Waals surface area (Å²) in [6.45, 7) is 2.90. The Kier molecular flexibility index (Phi) is 5.98. The second kappa shape index (κ2) is 9.20. The zero-order valence-electron chi connectivity index (χ0n) is 21.8. The number of carbonyl (C=O) groups excluding carboxylic acids is 1. The first kappa shape index (κ1) is 24.0. The molecule has 0 unspecified atom stereocenters. The van der Waals surface area contributed by atoms with Crippen LogP contribution in [0.2, 0.25) is 0 Å².